The van der Waals surface area contributed by atoms with Crippen molar-refractivity contribution in [2.24, 2.45) is 47.3 Å². The van der Waals surface area contributed by atoms with Gasteiger partial charge in [-0.25, -0.2) is 0 Å². The molecular weight excluding hydrogens is 1420 g/mol. The number of nitrogens with zero attached hydrogens (tertiary/aromatic N) is 2. The minimum Gasteiger partial charge on any atom is -0.311 e. The van der Waals surface area contributed by atoms with Crippen molar-refractivity contribution in [3.05, 3.63) is 423 Å². The van der Waals surface area contributed by atoms with Gasteiger partial charge in [0.2, 0.25) is 0 Å². The lowest BCUT2D eigenvalue weighted by atomic mass is 9.43. The van der Waals surface area contributed by atoms with E-state index in [2.05, 4.69) is 410 Å². The molecular formula is C116H94N2. The zero-order chi connectivity index (χ0) is 77.8. The first kappa shape index (κ1) is 70.5. The molecule has 10 aliphatic carbocycles. The summed E-state index contributed by atoms with van der Waals surface area (Å²) in [6, 6.07) is 149. The second-order valence-electron chi connectivity index (χ2n) is 35.5. The third kappa shape index (κ3) is 11.9. The van der Waals surface area contributed by atoms with Crippen LogP contribution >= 0.6 is 0 Å². The third-order valence-corrected chi connectivity index (χ3v) is 29.4. The molecule has 118 heavy (non-hydrogen) atoms. The van der Waals surface area contributed by atoms with Crippen molar-refractivity contribution in [2.75, 3.05) is 9.80 Å². The summed E-state index contributed by atoms with van der Waals surface area (Å²) in [5.41, 5.74) is 39.3. The van der Waals surface area contributed by atoms with Crippen LogP contribution in [0.25, 0.3) is 111 Å². The minimum atomic E-state index is 0.199. The van der Waals surface area contributed by atoms with Crippen LogP contribution in [0.4, 0.5) is 34.1 Å². The first-order chi connectivity index (χ1) is 58.4. The highest BCUT2D eigenvalue weighted by molar-refractivity contribution is 5.93. The molecule has 0 aliphatic heterocycles. The molecule has 8 saturated carbocycles. The lowest BCUT2D eigenvalue weighted by Gasteiger charge is -2.61. The predicted molar refractivity (Wildman–Crippen MR) is 492 cm³/mol. The second-order valence-corrected chi connectivity index (χ2v) is 35.5. The van der Waals surface area contributed by atoms with Gasteiger partial charge in [-0.15, -0.1) is 0 Å². The standard InChI is InChI=1S/2C58H47N/c1-4-12-41(13-5-1)43-20-26-50(27-21-43)59(57-31-25-47(42-14-6-2-7-15-42)37-53(57)45-16-8-3-9-17-45)51-28-22-44(23-29-51)46-24-30-56-54(38-46)52-18-10-11-19-55(52)58(56)48-33-39-32-40(35-48)36-49(58)34-39;1-3-9-41(10-4-1)43-15-17-44(18-16-43)46-21-28-52(29-22-46)59(51-26-19-45(20-27-51)42-11-5-2-6-12-42)53-30-23-47(24-31-53)48-25-32-57-55(38-48)54-13-7-8-14-56(54)58(57)49-34-39-33-40(36-49)37-50(58)35-39/h1-31,37-40,48-49H,32-36H2;1-32,38-40,49-50H,33-37H2. The highest BCUT2D eigenvalue weighted by Crippen LogP contribution is 2.71. The fraction of sp³-hybridized carbons (Fsp3) is 0.172. The SMILES string of the molecule is c1ccc(-c2ccc(-c3ccc(N(c4ccc(-c5ccccc5)cc4)c4ccc(-c5ccc6c(c5)-c5ccccc5C65C6CC7CC(C6)CC5C7)cc4)cc3)cc2)cc1.c1ccc(-c2ccc(N(c3ccc(-c4ccc5c(c4)-c4ccccc4C54C5CC6CC(C5)CC4C6)cc3)c3ccc(-c4ccccc4)cc3-c3ccccc3)cc2)cc1. The third-order valence-electron chi connectivity index (χ3n) is 29.4. The molecule has 26 rings (SSSR count). The Kier molecular flexibility index (Phi) is 17.4. The van der Waals surface area contributed by atoms with Crippen LogP contribution in [0.2, 0.25) is 0 Å². The van der Waals surface area contributed by atoms with Crippen LogP contribution in [0.15, 0.2) is 400 Å². The van der Waals surface area contributed by atoms with Gasteiger partial charge < -0.3 is 9.80 Å². The number of hydrogen-bond donors (Lipinski definition) is 0. The van der Waals surface area contributed by atoms with E-state index < -0.39 is 0 Å². The van der Waals surface area contributed by atoms with Crippen molar-refractivity contribution in [1.82, 2.24) is 0 Å². The molecule has 0 amide bonds. The van der Waals surface area contributed by atoms with Gasteiger partial charge in [0, 0.05) is 44.8 Å². The number of benzene rings is 16. The smallest absolute Gasteiger partial charge is 0.0540 e. The first-order valence-corrected chi connectivity index (χ1v) is 43.5. The van der Waals surface area contributed by atoms with E-state index in [4.69, 9.17) is 0 Å². The van der Waals surface area contributed by atoms with Crippen molar-refractivity contribution in [3.63, 3.8) is 0 Å². The van der Waals surface area contributed by atoms with Gasteiger partial charge in [0.25, 0.3) is 0 Å². The maximum atomic E-state index is 2.54. The van der Waals surface area contributed by atoms with Crippen LogP contribution in [0.3, 0.4) is 0 Å². The van der Waals surface area contributed by atoms with Gasteiger partial charge in [0.05, 0.1) is 5.69 Å². The highest BCUT2D eigenvalue weighted by Gasteiger charge is 2.63. The summed E-state index contributed by atoms with van der Waals surface area (Å²) < 4.78 is 0. The van der Waals surface area contributed by atoms with Crippen molar-refractivity contribution < 1.29 is 0 Å². The fourth-order valence-corrected chi connectivity index (χ4v) is 24.7. The number of fused-ring (bicyclic) bond motifs is 6. The quantitative estimate of drug-likeness (QED) is 0.107. The molecule has 10 aliphatic rings. The number of hydrogen-bond acceptors (Lipinski definition) is 2. The topological polar surface area (TPSA) is 6.48 Å². The van der Waals surface area contributed by atoms with E-state index in [0.717, 1.165) is 81.5 Å². The molecule has 0 heterocycles. The lowest BCUT2D eigenvalue weighted by Crippen LogP contribution is -2.55. The molecule has 0 N–H and O–H groups in total. The van der Waals surface area contributed by atoms with Crippen molar-refractivity contribution in [2.45, 2.75) is 75.0 Å². The molecule has 0 radical (unpaired) electrons. The van der Waals surface area contributed by atoms with Gasteiger partial charge in [-0.3, -0.25) is 0 Å². The van der Waals surface area contributed by atoms with Gasteiger partial charge in [-0.05, 0) is 324 Å². The maximum Gasteiger partial charge on any atom is 0.0540 e. The Morgan fingerprint density at radius 1 is 0.161 bits per heavy atom. The Morgan fingerprint density at radius 2 is 0.381 bits per heavy atom. The van der Waals surface area contributed by atoms with E-state index in [9.17, 15) is 0 Å². The van der Waals surface area contributed by atoms with Crippen LogP contribution < -0.4 is 9.80 Å². The predicted octanol–water partition coefficient (Wildman–Crippen LogP) is 31.1. The molecule has 16 aromatic rings. The van der Waals surface area contributed by atoms with Gasteiger partial charge in [0.15, 0.2) is 0 Å². The molecule has 0 aromatic heterocycles. The molecule has 8 bridgehead atoms. The molecule has 0 unspecified atom stereocenters. The Hall–Kier alpha value is -12.9. The summed E-state index contributed by atoms with van der Waals surface area (Å²) in [6.45, 7) is 0. The van der Waals surface area contributed by atoms with E-state index in [1.807, 2.05) is 0 Å². The van der Waals surface area contributed by atoms with Crippen LogP contribution in [0, 0.1) is 47.3 Å². The lowest BCUT2D eigenvalue weighted by molar-refractivity contribution is -0.0399. The van der Waals surface area contributed by atoms with Crippen molar-refractivity contribution in [1.29, 1.82) is 0 Å². The monoisotopic (exact) mass is 1510 g/mol. The molecule has 2 spiro atoms. The van der Waals surface area contributed by atoms with E-state index in [0.29, 0.717) is 0 Å². The van der Waals surface area contributed by atoms with Crippen molar-refractivity contribution >= 4 is 34.1 Å². The fourth-order valence-electron chi connectivity index (χ4n) is 24.7. The van der Waals surface area contributed by atoms with Crippen molar-refractivity contribution in [3.8, 4) is 111 Å². The second kappa shape index (κ2) is 29.1. The van der Waals surface area contributed by atoms with E-state index >= 15 is 0 Å². The largest absolute Gasteiger partial charge is 0.311 e. The molecule has 568 valence electrons. The summed E-state index contributed by atoms with van der Waals surface area (Å²) in [6.07, 6.45) is 14.3. The van der Waals surface area contributed by atoms with Gasteiger partial charge in [-0.2, -0.15) is 0 Å². The summed E-state index contributed by atoms with van der Waals surface area (Å²) in [5.74, 6) is 6.93. The van der Waals surface area contributed by atoms with Gasteiger partial charge >= 0.3 is 0 Å². The first-order valence-electron chi connectivity index (χ1n) is 43.5. The molecule has 16 aromatic carbocycles. The summed E-state index contributed by atoms with van der Waals surface area (Å²) >= 11 is 0. The Labute approximate surface area is 695 Å². The van der Waals surface area contributed by atoms with E-state index in [-0.39, 0.29) is 10.8 Å². The maximum absolute atomic E-state index is 2.54. The Morgan fingerprint density at radius 3 is 0.703 bits per heavy atom. The van der Waals surface area contributed by atoms with Crippen LogP contribution in [0.5, 0.6) is 0 Å². The van der Waals surface area contributed by atoms with E-state index in [1.54, 1.807) is 22.3 Å². The highest BCUT2D eigenvalue weighted by atomic mass is 15.1. The van der Waals surface area contributed by atoms with Crippen LogP contribution in [-0.4, -0.2) is 0 Å². The Balaban J connectivity index is 0.000000138. The van der Waals surface area contributed by atoms with Crippen LogP contribution in [-0.2, 0) is 10.8 Å². The van der Waals surface area contributed by atoms with Gasteiger partial charge in [0.1, 0.15) is 0 Å². The zero-order valence-corrected chi connectivity index (χ0v) is 66.7. The summed E-state index contributed by atoms with van der Waals surface area (Å²) in [7, 11) is 0. The Bertz CT molecular complexity index is 6320. The summed E-state index contributed by atoms with van der Waals surface area (Å²) in [4.78, 5) is 4.82. The zero-order valence-electron chi connectivity index (χ0n) is 66.7. The minimum absolute atomic E-state index is 0.199. The van der Waals surface area contributed by atoms with Gasteiger partial charge in [-0.1, -0.05) is 315 Å². The number of anilines is 6. The molecule has 0 atom stereocenters. The summed E-state index contributed by atoms with van der Waals surface area (Å²) in [5, 5.41) is 0. The molecule has 2 nitrogen and oxygen atoms in total. The van der Waals surface area contributed by atoms with Crippen LogP contribution in [0.1, 0.15) is 86.5 Å². The number of rotatable bonds is 14. The molecule has 8 fully saturated rings. The average Bonchev–Trinajstić information content (AvgIpc) is 1.50. The molecule has 0 saturated heterocycles. The van der Waals surface area contributed by atoms with E-state index in [1.165, 1.54) is 175 Å². The molecule has 2 heteroatoms. The normalized spacial score (nSPS) is 22.0. The average molecular weight is 1520 g/mol.